The zero-order valence-corrected chi connectivity index (χ0v) is 15.6. The molecule has 0 fully saturated rings. The summed E-state index contributed by atoms with van der Waals surface area (Å²) >= 11 is 1.53. The molecule has 1 aromatic heterocycles. The van der Waals surface area contributed by atoms with E-state index in [1.165, 1.54) is 28.0 Å². The third kappa shape index (κ3) is 3.34. The first-order chi connectivity index (χ1) is 11.3. The van der Waals surface area contributed by atoms with Gasteiger partial charge in [-0.3, -0.25) is 4.79 Å². The first kappa shape index (κ1) is 16.7. The van der Waals surface area contributed by atoms with Crippen molar-refractivity contribution in [2.75, 3.05) is 5.32 Å². The second kappa shape index (κ2) is 6.36. The van der Waals surface area contributed by atoms with Crippen molar-refractivity contribution in [3.63, 3.8) is 0 Å². The van der Waals surface area contributed by atoms with Gasteiger partial charge in [-0.05, 0) is 74.6 Å². The fraction of sp³-hybridized carbons (Fsp3) is 0.300. The predicted octanol–water partition coefficient (Wildman–Crippen LogP) is 5.02. The fourth-order valence-electron chi connectivity index (χ4n) is 3.05. The van der Waals surface area contributed by atoms with E-state index in [-0.39, 0.29) is 5.91 Å². The van der Waals surface area contributed by atoms with Crippen LogP contribution in [0.4, 0.5) is 5.13 Å². The van der Waals surface area contributed by atoms with E-state index < -0.39 is 0 Å². The van der Waals surface area contributed by atoms with E-state index in [2.05, 4.69) is 69.2 Å². The lowest BCUT2D eigenvalue weighted by Gasteiger charge is -2.10. The zero-order chi connectivity index (χ0) is 17.4. The van der Waals surface area contributed by atoms with Crippen LogP contribution < -0.4 is 5.32 Å². The number of nitrogens with one attached hydrogen (secondary N) is 1. The van der Waals surface area contributed by atoms with Gasteiger partial charge in [0.15, 0.2) is 5.13 Å². The molecule has 3 nitrogen and oxygen atoms in total. The van der Waals surface area contributed by atoms with Crippen LogP contribution in [0.1, 0.15) is 33.4 Å². The number of hydrogen-bond acceptors (Lipinski definition) is 3. The number of carbonyl (C=O) groups excluding carboxylic acids is 1. The molecule has 0 aliphatic carbocycles. The molecular formula is C20H22N2OS. The first-order valence-corrected chi connectivity index (χ1v) is 8.89. The first-order valence-electron chi connectivity index (χ1n) is 8.08. The van der Waals surface area contributed by atoms with Crippen molar-refractivity contribution >= 4 is 32.6 Å². The Hall–Kier alpha value is -2.20. The van der Waals surface area contributed by atoms with Crippen LogP contribution in [-0.2, 0) is 11.2 Å². The van der Waals surface area contributed by atoms with Crippen molar-refractivity contribution < 1.29 is 4.79 Å². The van der Waals surface area contributed by atoms with Gasteiger partial charge in [0.2, 0.25) is 5.91 Å². The molecular weight excluding hydrogens is 316 g/mol. The second-order valence-electron chi connectivity index (χ2n) is 6.53. The lowest BCUT2D eigenvalue weighted by molar-refractivity contribution is -0.115. The van der Waals surface area contributed by atoms with Crippen LogP contribution in [0.15, 0.2) is 24.3 Å². The molecule has 0 saturated carbocycles. The number of rotatable bonds is 3. The van der Waals surface area contributed by atoms with E-state index in [9.17, 15) is 4.79 Å². The molecule has 0 aliphatic rings. The molecule has 24 heavy (non-hydrogen) atoms. The van der Waals surface area contributed by atoms with Crippen LogP contribution in [-0.4, -0.2) is 10.9 Å². The summed E-state index contributed by atoms with van der Waals surface area (Å²) in [5, 5.41) is 3.63. The van der Waals surface area contributed by atoms with Gasteiger partial charge in [-0.15, -0.1) is 0 Å². The van der Waals surface area contributed by atoms with Crippen LogP contribution in [0.5, 0.6) is 0 Å². The molecule has 2 aromatic carbocycles. The Bertz CT molecular complexity index is 878. The summed E-state index contributed by atoms with van der Waals surface area (Å²) in [5.74, 6) is -0.0162. The van der Waals surface area contributed by atoms with E-state index in [1.54, 1.807) is 0 Å². The Labute approximate surface area is 146 Å². The van der Waals surface area contributed by atoms with Crippen molar-refractivity contribution in [1.29, 1.82) is 0 Å². The molecule has 1 heterocycles. The molecule has 1 amide bonds. The zero-order valence-electron chi connectivity index (χ0n) is 14.8. The Balaban J connectivity index is 1.80. The van der Waals surface area contributed by atoms with E-state index in [1.807, 2.05) is 0 Å². The van der Waals surface area contributed by atoms with E-state index in [0.29, 0.717) is 11.6 Å². The predicted molar refractivity (Wildman–Crippen MR) is 102 cm³/mol. The minimum atomic E-state index is -0.0162. The van der Waals surface area contributed by atoms with Crippen LogP contribution in [0.3, 0.4) is 0 Å². The third-order valence-corrected chi connectivity index (χ3v) is 5.36. The molecule has 0 radical (unpaired) electrons. The highest BCUT2D eigenvalue weighted by Gasteiger charge is 2.12. The quantitative estimate of drug-likeness (QED) is 0.728. The number of amides is 1. The van der Waals surface area contributed by atoms with Gasteiger partial charge >= 0.3 is 0 Å². The Kier molecular flexibility index (Phi) is 4.41. The van der Waals surface area contributed by atoms with Gasteiger partial charge in [-0.25, -0.2) is 4.98 Å². The van der Waals surface area contributed by atoms with Crippen LogP contribution >= 0.6 is 11.3 Å². The van der Waals surface area contributed by atoms with Crippen molar-refractivity contribution in [3.05, 3.63) is 57.6 Å². The van der Waals surface area contributed by atoms with Crippen molar-refractivity contribution in [1.82, 2.24) is 4.98 Å². The smallest absolute Gasteiger partial charge is 0.230 e. The molecule has 0 aliphatic heterocycles. The van der Waals surface area contributed by atoms with Gasteiger partial charge in [0.05, 0.1) is 16.6 Å². The monoisotopic (exact) mass is 338 g/mol. The maximum atomic E-state index is 12.4. The molecule has 1 N–H and O–H groups in total. The van der Waals surface area contributed by atoms with Crippen molar-refractivity contribution in [2.45, 2.75) is 41.0 Å². The standard InChI is InChI=1S/C20H22N2OS/c1-11-6-14(4)16(15(5)7-11)10-19(23)22-20-21-17-8-12(2)13(3)9-18(17)24-20/h6-9H,10H2,1-5H3,(H,21,22,23). The lowest BCUT2D eigenvalue weighted by atomic mass is 9.97. The average molecular weight is 338 g/mol. The summed E-state index contributed by atoms with van der Waals surface area (Å²) < 4.78 is 1.11. The van der Waals surface area contributed by atoms with Gasteiger partial charge in [0.1, 0.15) is 0 Å². The Morgan fingerprint density at radius 1 is 0.958 bits per heavy atom. The summed E-state index contributed by atoms with van der Waals surface area (Å²) in [7, 11) is 0. The van der Waals surface area contributed by atoms with Gasteiger partial charge in [-0.1, -0.05) is 29.0 Å². The molecule has 4 heteroatoms. The SMILES string of the molecule is Cc1cc(C)c(CC(=O)Nc2nc3cc(C)c(C)cc3s2)c(C)c1. The second-order valence-corrected chi connectivity index (χ2v) is 7.56. The van der Waals surface area contributed by atoms with Gasteiger partial charge in [0, 0.05) is 0 Å². The van der Waals surface area contributed by atoms with Gasteiger partial charge in [0.25, 0.3) is 0 Å². The van der Waals surface area contributed by atoms with E-state index in [4.69, 9.17) is 0 Å². The summed E-state index contributed by atoms with van der Waals surface area (Å²) in [4.78, 5) is 17.0. The molecule has 0 unspecified atom stereocenters. The maximum absolute atomic E-state index is 12.4. The highest BCUT2D eigenvalue weighted by atomic mass is 32.1. The minimum absolute atomic E-state index is 0.0162. The Morgan fingerprint density at radius 3 is 2.25 bits per heavy atom. The van der Waals surface area contributed by atoms with Crippen LogP contribution in [0, 0.1) is 34.6 Å². The Morgan fingerprint density at radius 2 is 1.58 bits per heavy atom. The van der Waals surface area contributed by atoms with E-state index in [0.717, 1.165) is 26.9 Å². The molecule has 0 bridgehead atoms. The average Bonchev–Trinajstić information content (AvgIpc) is 2.84. The summed E-state index contributed by atoms with van der Waals surface area (Å²) in [6, 6.07) is 8.45. The van der Waals surface area contributed by atoms with Crippen LogP contribution in [0.25, 0.3) is 10.2 Å². The summed E-state index contributed by atoms with van der Waals surface area (Å²) in [5.41, 5.74) is 8.07. The maximum Gasteiger partial charge on any atom is 0.230 e. The normalized spacial score (nSPS) is 11.0. The molecule has 3 rings (SSSR count). The van der Waals surface area contributed by atoms with Gasteiger partial charge < -0.3 is 5.32 Å². The number of hydrogen-bond donors (Lipinski definition) is 1. The lowest BCUT2D eigenvalue weighted by Crippen LogP contribution is -2.15. The summed E-state index contributed by atoms with van der Waals surface area (Å²) in [6.07, 6.45) is 0.381. The van der Waals surface area contributed by atoms with Crippen molar-refractivity contribution in [2.24, 2.45) is 0 Å². The molecule has 0 spiro atoms. The van der Waals surface area contributed by atoms with Gasteiger partial charge in [-0.2, -0.15) is 0 Å². The number of anilines is 1. The molecule has 3 aromatic rings. The number of nitrogens with zero attached hydrogens (tertiary/aromatic N) is 1. The highest BCUT2D eigenvalue weighted by Crippen LogP contribution is 2.28. The van der Waals surface area contributed by atoms with Crippen molar-refractivity contribution in [3.8, 4) is 0 Å². The fourth-order valence-corrected chi connectivity index (χ4v) is 4.01. The topological polar surface area (TPSA) is 42.0 Å². The number of carbonyl (C=O) groups is 1. The number of thiazole rings is 1. The number of benzene rings is 2. The molecule has 0 atom stereocenters. The summed E-state index contributed by atoms with van der Waals surface area (Å²) in [6.45, 7) is 10.4. The third-order valence-electron chi connectivity index (χ3n) is 4.43. The number of fused-ring (bicyclic) bond motifs is 1. The number of aryl methyl sites for hydroxylation is 5. The molecule has 124 valence electrons. The largest absolute Gasteiger partial charge is 0.302 e. The van der Waals surface area contributed by atoms with Crippen LogP contribution in [0.2, 0.25) is 0 Å². The minimum Gasteiger partial charge on any atom is -0.302 e. The number of aromatic nitrogens is 1. The van der Waals surface area contributed by atoms with E-state index >= 15 is 0 Å². The molecule has 0 saturated heterocycles. The highest BCUT2D eigenvalue weighted by molar-refractivity contribution is 7.22.